The average molecular weight is 147 g/mol. The molecule has 2 heteroatoms. The molecule has 1 heterocycles. The van der Waals surface area contributed by atoms with Gasteiger partial charge in [0.2, 0.25) is 0 Å². The molecule has 0 aromatic heterocycles. The van der Waals surface area contributed by atoms with Gasteiger partial charge < -0.3 is 5.11 Å². The molecule has 0 saturated carbocycles. The van der Waals surface area contributed by atoms with Crippen LogP contribution in [0.2, 0.25) is 0 Å². The molecule has 2 nitrogen and oxygen atoms in total. The average Bonchev–Trinajstić information content (AvgIpc) is 2.47. The van der Waals surface area contributed by atoms with Crippen LogP contribution in [0, 0.1) is 5.92 Å². The summed E-state index contributed by atoms with van der Waals surface area (Å²) in [6.07, 6.45) is 9.72. The molecule has 0 amide bonds. The number of aliphatic hydroxyl groups excluding tert-OH is 1. The molecule has 1 unspecified atom stereocenters. The van der Waals surface area contributed by atoms with E-state index in [9.17, 15) is 0 Å². The maximum absolute atomic E-state index is 8.91. The Balaban J connectivity index is 2.29. The van der Waals surface area contributed by atoms with Crippen molar-refractivity contribution in [3.8, 4) is 0 Å². The van der Waals surface area contributed by atoms with Gasteiger partial charge in [-0.3, -0.25) is 4.99 Å². The summed E-state index contributed by atoms with van der Waals surface area (Å²) in [6.45, 7) is 0.107. The Labute approximate surface area is 65.3 Å². The SMILES string of the molecule is OCC1=CN=C2C=CC=CC12. The second-order valence-electron chi connectivity index (χ2n) is 2.64. The first kappa shape index (κ1) is 6.55. The van der Waals surface area contributed by atoms with Gasteiger partial charge in [-0.15, -0.1) is 0 Å². The molecular weight excluding hydrogens is 138 g/mol. The molecule has 1 atom stereocenters. The summed E-state index contributed by atoms with van der Waals surface area (Å²) >= 11 is 0. The molecule has 0 spiro atoms. The number of aliphatic hydroxyl groups is 1. The lowest BCUT2D eigenvalue weighted by Gasteiger charge is -2.10. The lowest BCUT2D eigenvalue weighted by molar-refractivity contribution is 0.326. The van der Waals surface area contributed by atoms with Crippen LogP contribution in [0.15, 0.2) is 41.1 Å². The zero-order valence-electron chi connectivity index (χ0n) is 6.07. The number of hydrogen-bond donors (Lipinski definition) is 1. The van der Waals surface area contributed by atoms with E-state index in [2.05, 4.69) is 4.99 Å². The Morgan fingerprint density at radius 2 is 2.36 bits per heavy atom. The van der Waals surface area contributed by atoms with Gasteiger partial charge in [0.1, 0.15) is 0 Å². The molecule has 0 fully saturated rings. The van der Waals surface area contributed by atoms with Crippen LogP contribution < -0.4 is 0 Å². The minimum absolute atomic E-state index is 0.107. The van der Waals surface area contributed by atoms with Crippen LogP contribution in [-0.4, -0.2) is 17.4 Å². The number of hydrogen-bond acceptors (Lipinski definition) is 2. The summed E-state index contributed by atoms with van der Waals surface area (Å²) in [5.74, 6) is 0.241. The van der Waals surface area contributed by atoms with Crippen molar-refractivity contribution in [1.82, 2.24) is 0 Å². The Hall–Kier alpha value is -1.15. The maximum atomic E-state index is 8.91. The molecule has 1 N–H and O–H groups in total. The molecule has 0 aromatic carbocycles. The van der Waals surface area contributed by atoms with Gasteiger partial charge >= 0.3 is 0 Å². The van der Waals surface area contributed by atoms with Crippen molar-refractivity contribution in [2.45, 2.75) is 0 Å². The van der Waals surface area contributed by atoms with Crippen molar-refractivity contribution in [1.29, 1.82) is 0 Å². The van der Waals surface area contributed by atoms with Crippen LogP contribution in [-0.2, 0) is 0 Å². The Bertz CT molecular complexity index is 284. The minimum Gasteiger partial charge on any atom is -0.392 e. The van der Waals surface area contributed by atoms with Crippen LogP contribution in [0.5, 0.6) is 0 Å². The summed E-state index contributed by atoms with van der Waals surface area (Å²) < 4.78 is 0. The highest BCUT2D eigenvalue weighted by Crippen LogP contribution is 2.23. The van der Waals surface area contributed by atoms with Crippen LogP contribution in [0.1, 0.15) is 0 Å². The maximum Gasteiger partial charge on any atom is 0.0669 e. The third kappa shape index (κ3) is 0.955. The van der Waals surface area contributed by atoms with Gasteiger partial charge in [-0.2, -0.15) is 0 Å². The molecule has 1 aliphatic carbocycles. The lowest BCUT2D eigenvalue weighted by atomic mass is 9.93. The number of nitrogens with zero attached hydrogens (tertiary/aromatic N) is 1. The molecule has 0 saturated heterocycles. The van der Waals surface area contributed by atoms with Gasteiger partial charge in [0, 0.05) is 12.1 Å². The summed E-state index contributed by atoms with van der Waals surface area (Å²) in [5, 5.41) is 8.91. The molecule has 0 aromatic rings. The van der Waals surface area contributed by atoms with Gasteiger partial charge in [0.05, 0.1) is 12.3 Å². The molecule has 11 heavy (non-hydrogen) atoms. The zero-order valence-corrected chi connectivity index (χ0v) is 6.07. The van der Waals surface area contributed by atoms with Crippen LogP contribution in [0.4, 0.5) is 0 Å². The smallest absolute Gasteiger partial charge is 0.0669 e. The van der Waals surface area contributed by atoms with E-state index in [1.807, 2.05) is 24.3 Å². The van der Waals surface area contributed by atoms with Crippen LogP contribution in [0.3, 0.4) is 0 Å². The first-order valence-corrected chi connectivity index (χ1v) is 3.64. The van der Waals surface area contributed by atoms with Gasteiger partial charge in [0.25, 0.3) is 0 Å². The van der Waals surface area contributed by atoms with E-state index in [0.29, 0.717) is 0 Å². The number of allylic oxidation sites excluding steroid dienone is 4. The highest BCUT2D eigenvalue weighted by molar-refractivity contribution is 6.03. The van der Waals surface area contributed by atoms with E-state index in [1.165, 1.54) is 0 Å². The monoisotopic (exact) mass is 147 g/mol. The van der Waals surface area contributed by atoms with Crippen molar-refractivity contribution in [2.75, 3.05) is 6.61 Å². The number of aliphatic imine (C=N–C) groups is 1. The Kier molecular flexibility index (Phi) is 1.47. The van der Waals surface area contributed by atoms with Gasteiger partial charge in [0.15, 0.2) is 0 Å². The van der Waals surface area contributed by atoms with Crippen molar-refractivity contribution in [3.63, 3.8) is 0 Å². The zero-order chi connectivity index (χ0) is 7.68. The van der Waals surface area contributed by atoms with Crippen LogP contribution in [0.25, 0.3) is 0 Å². The summed E-state index contributed by atoms with van der Waals surface area (Å²) in [7, 11) is 0. The van der Waals surface area contributed by atoms with E-state index in [4.69, 9.17) is 5.11 Å². The Morgan fingerprint density at radius 1 is 1.45 bits per heavy atom. The fraction of sp³-hybridized carbons (Fsp3) is 0.222. The standard InChI is InChI=1S/C9H9NO/c11-6-7-5-10-9-4-2-1-3-8(7)9/h1-5,8,11H,6H2. The predicted molar refractivity (Wildman–Crippen MR) is 44.4 cm³/mol. The van der Waals surface area contributed by atoms with Crippen molar-refractivity contribution in [2.24, 2.45) is 10.9 Å². The van der Waals surface area contributed by atoms with E-state index in [1.54, 1.807) is 6.20 Å². The fourth-order valence-corrected chi connectivity index (χ4v) is 1.35. The number of rotatable bonds is 1. The van der Waals surface area contributed by atoms with Gasteiger partial charge in [-0.05, 0) is 11.6 Å². The molecule has 0 radical (unpaired) electrons. The van der Waals surface area contributed by atoms with Gasteiger partial charge in [-0.1, -0.05) is 18.2 Å². The topological polar surface area (TPSA) is 32.6 Å². The first-order valence-electron chi connectivity index (χ1n) is 3.64. The first-order chi connectivity index (χ1) is 5.42. The summed E-state index contributed by atoms with van der Waals surface area (Å²) in [4.78, 5) is 4.17. The van der Waals surface area contributed by atoms with Crippen molar-refractivity contribution in [3.05, 3.63) is 36.1 Å². The largest absolute Gasteiger partial charge is 0.392 e. The summed E-state index contributed by atoms with van der Waals surface area (Å²) in [6, 6.07) is 0. The minimum atomic E-state index is 0.107. The second kappa shape index (κ2) is 2.47. The van der Waals surface area contributed by atoms with Crippen LogP contribution >= 0.6 is 0 Å². The molecule has 1 aliphatic heterocycles. The van der Waals surface area contributed by atoms with E-state index in [-0.39, 0.29) is 12.5 Å². The second-order valence-corrected chi connectivity index (χ2v) is 2.64. The van der Waals surface area contributed by atoms with E-state index in [0.717, 1.165) is 11.3 Å². The highest BCUT2D eigenvalue weighted by atomic mass is 16.3. The lowest BCUT2D eigenvalue weighted by Crippen LogP contribution is -2.12. The quantitative estimate of drug-likeness (QED) is 0.591. The van der Waals surface area contributed by atoms with Crippen molar-refractivity contribution < 1.29 is 5.11 Å². The normalized spacial score (nSPS) is 26.5. The summed E-state index contributed by atoms with van der Waals surface area (Å²) in [5.41, 5.74) is 2.03. The van der Waals surface area contributed by atoms with Crippen molar-refractivity contribution >= 4 is 5.71 Å². The Morgan fingerprint density at radius 3 is 3.18 bits per heavy atom. The molecule has 2 rings (SSSR count). The van der Waals surface area contributed by atoms with E-state index < -0.39 is 0 Å². The fourth-order valence-electron chi connectivity index (χ4n) is 1.35. The molecular formula is C9H9NO. The van der Waals surface area contributed by atoms with Gasteiger partial charge in [-0.25, -0.2) is 0 Å². The predicted octanol–water partition coefficient (Wildman–Crippen LogP) is 1.06. The molecule has 0 bridgehead atoms. The molecule has 2 aliphatic rings. The molecule has 56 valence electrons. The third-order valence-corrected chi connectivity index (χ3v) is 1.96. The third-order valence-electron chi connectivity index (χ3n) is 1.96. The highest BCUT2D eigenvalue weighted by Gasteiger charge is 2.20. The van der Waals surface area contributed by atoms with E-state index >= 15 is 0 Å². The number of fused-ring (bicyclic) bond motifs is 1.